The van der Waals surface area contributed by atoms with Gasteiger partial charge in [0.2, 0.25) is 0 Å². The molecule has 0 bridgehead atoms. The number of unbranched alkanes of at least 4 members (excludes halogenated alkanes) is 1. The molecule has 0 saturated carbocycles. The van der Waals surface area contributed by atoms with Gasteiger partial charge in [-0.15, -0.1) is 0 Å². The Balaban J connectivity index is 2.65. The third-order valence-corrected chi connectivity index (χ3v) is 2.87. The molecule has 0 aliphatic rings. The van der Waals surface area contributed by atoms with Crippen LogP contribution in [-0.2, 0) is 6.42 Å². The Hall–Kier alpha value is -1.22. The van der Waals surface area contributed by atoms with Crippen LogP contribution in [0.2, 0.25) is 0 Å². The minimum absolute atomic E-state index is 0.230. The van der Waals surface area contributed by atoms with Crippen LogP contribution < -0.4 is 15.2 Å². The van der Waals surface area contributed by atoms with Gasteiger partial charge in [-0.3, -0.25) is 0 Å². The second-order valence-corrected chi connectivity index (χ2v) is 4.30. The Morgan fingerprint density at radius 3 is 2.47 bits per heavy atom. The molecule has 1 aromatic rings. The van der Waals surface area contributed by atoms with Crippen LogP contribution in [0.1, 0.15) is 31.7 Å². The van der Waals surface area contributed by atoms with E-state index in [1.54, 1.807) is 14.2 Å². The third-order valence-electron chi connectivity index (χ3n) is 2.87. The quantitative estimate of drug-likeness (QED) is 0.793. The van der Waals surface area contributed by atoms with Gasteiger partial charge in [0.1, 0.15) is 0 Å². The van der Waals surface area contributed by atoms with E-state index < -0.39 is 0 Å². The van der Waals surface area contributed by atoms with Crippen molar-refractivity contribution < 1.29 is 9.47 Å². The van der Waals surface area contributed by atoms with Crippen molar-refractivity contribution in [3.63, 3.8) is 0 Å². The van der Waals surface area contributed by atoms with Crippen LogP contribution in [-0.4, -0.2) is 20.3 Å². The van der Waals surface area contributed by atoms with Crippen molar-refractivity contribution in [2.45, 2.75) is 38.6 Å². The number of nitrogens with two attached hydrogens (primary N) is 1. The number of ether oxygens (including phenoxy) is 2. The number of hydrogen-bond acceptors (Lipinski definition) is 3. The molecule has 0 aliphatic carbocycles. The Morgan fingerprint density at radius 2 is 1.88 bits per heavy atom. The smallest absolute Gasteiger partial charge is 0.160 e. The van der Waals surface area contributed by atoms with Gasteiger partial charge in [0.25, 0.3) is 0 Å². The Morgan fingerprint density at radius 1 is 1.18 bits per heavy atom. The molecule has 17 heavy (non-hydrogen) atoms. The van der Waals surface area contributed by atoms with E-state index in [1.165, 1.54) is 18.4 Å². The molecule has 0 heterocycles. The summed E-state index contributed by atoms with van der Waals surface area (Å²) in [5, 5.41) is 0. The summed E-state index contributed by atoms with van der Waals surface area (Å²) in [6.45, 7) is 2.18. The van der Waals surface area contributed by atoms with Gasteiger partial charge < -0.3 is 15.2 Å². The van der Waals surface area contributed by atoms with Gasteiger partial charge in [-0.05, 0) is 30.5 Å². The zero-order valence-electron chi connectivity index (χ0n) is 11.0. The van der Waals surface area contributed by atoms with E-state index in [1.807, 2.05) is 18.2 Å². The number of benzene rings is 1. The van der Waals surface area contributed by atoms with E-state index in [2.05, 4.69) is 6.92 Å². The van der Waals surface area contributed by atoms with Crippen LogP contribution in [0.15, 0.2) is 18.2 Å². The van der Waals surface area contributed by atoms with Crippen molar-refractivity contribution in [1.29, 1.82) is 0 Å². The summed E-state index contributed by atoms with van der Waals surface area (Å²) in [6, 6.07) is 6.21. The number of hydrogen-bond donors (Lipinski definition) is 1. The second-order valence-electron chi connectivity index (χ2n) is 4.30. The lowest BCUT2D eigenvalue weighted by Gasteiger charge is -2.13. The summed E-state index contributed by atoms with van der Waals surface area (Å²) in [7, 11) is 3.29. The summed E-state index contributed by atoms with van der Waals surface area (Å²) in [4.78, 5) is 0. The first-order valence-corrected chi connectivity index (χ1v) is 6.17. The predicted molar refractivity (Wildman–Crippen MR) is 70.8 cm³/mol. The molecule has 1 rings (SSSR count). The normalized spacial score (nSPS) is 12.2. The molecular formula is C14H23NO2. The molecule has 3 nitrogen and oxygen atoms in total. The Bertz CT molecular complexity index is 339. The van der Waals surface area contributed by atoms with Crippen LogP contribution in [0.25, 0.3) is 0 Å². The fourth-order valence-electron chi connectivity index (χ4n) is 1.88. The van der Waals surface area contributed by atoms with E-state index in [9.17, 15) is 0 Å². The summed E-state index contributed by atoms with van der Waals surface area (Å²) < 4.78 is 10.5. The van der Waals surface area contributed by atoms with Crippen molar-refractivity contribution in [2.24, 2.45) is 5.73 Å². The molecule has 0 radical (unpaired) electrons. The SMILES string of the molecule is CCCCC(N)Cc1ccc(OC)c(OC)c1. The lowest BCUT2D eigenvalue weighted by molar-refractivity contribution is 0.354. The topological polar surface area (TPSA) is 44.5 Å². The second kappa shape index (κ2) is 7.17. The van der Waals surface area contributed by atoms with E-state index in [0.717, 1.165) is 24.3 Å². The summed E-state index contributed by atoms with van der Waals surface area (Å²) in [6.07, 6.45) is 4.35. The van der Waals surface area contributed by atoms with Crippen LogP contribution in [0, 0.1) is 0 Å². The zero-order valence-corrected chi connectivity index (χ0v) is 11.0. The van der Waals surface area contributed by atoms with E-state index >= 15 is 0 Å². The number of methoxy groups -OCH3 is 2. The lowest BCUT2D eigenvalue weighted by atomic mass is 10.0. The molecular weight excluding hydrogens is 214 g/mol. The zero-order chi connectivity index (χ0) is 12.7. The highest BCUT2D eigenvalue weighted by Gasteiger charge is 2.08. The van der Waals surface area contributed by atoms with Gasteiger partial charge in [-0.2, -0.15) is 0 Å². The van der Waals surface area contributed by atoms with Crippen molar-refractivity contribution in [1.82, 2.24) is 0 Å². The Labute approximate surface area is 104 Å². The van der Waals surface area contributed by atoms with Gasteiger partial charge in [0.15, 0.2) is 11.5 Å². The maximum atomic E-state index is 6.08. The molecule has 0 aromatic heterocycles. The molecule has 1 atom stereocenters. The standard InChI is InChI=1S/C14H23NO2/c1-4-5-6-12(15)9-11-7-8-13(16-2)14(10-11)17-3/h7-8,10,12H,4-6,9,15H2,1-3H3. The molecule has 0 saturated heterocycles. The van der Waals surface area contributed by atoms with E-state index in [4.69, 9.17) is 15.2 Å². The average molecular weight is 237 g/mol. The Kier molecular flexibility index (Phi) is 5.84. The molecule has 96 valence electrons. The molecule has 3 heteroatoms. The minimum Gasteiger partial charge on any atom is -0.493 e. The van der Waals surface area contributed by atoms with Gasteiger partial charge in [-0.1, -0.05) is 25.8 Å². The molecule has 0 spiro atoms. The maximum absolute atomic E-state index is 6.08. The fraction of sp³-hybridized carbons (Fsp3) is 0.571. The highest BCUT2D eigenvalue weighted by atomic mass is 16.5. The number of rotatable bonds is 7. The molecule has 2 N–H and O–H groups in total. The van der Waals surface area contributed by atoms with E-state index in [0.29, 0.717) is 0 Å². The molecule has 1 aromatic carbocycles. The van der Waals surface area contributed by atoms with Gasteiger partial charge in [0, 0.05) is 6.04 Å². The largest absolute Gasteiger partial charge is 0.493 e. The monoisotopic (exact) mass is 237 g/mol. The van der Waals surface area contributed by atoms with Crippen molar-refractivity contribution >= 4 is 0 Å². The van der Waals surface area contributed by atoms with Gasteiger partial charge in [0.05, 0.1) is 14.2 Å². The van der Waals surface area contributed by atoms with Gasteiger partial charge in [-0.25, -0.2) is 0 Å². The summed E-state index contributed by atoms with van der Waals surface area (Å²) in [5.74, 6) is 1.53. The molecule has 0 fully saturated rings. The van der Waals surface area contributed by atoms with Crippen LogP contribution >= 0.6 is 0 Å². The van der Waals surface area contributed by atoms with E-state index in [-0.39, 0.29) is 6.04 Å². The van der Waals surface area contributed by atoms with Crippen LogP contribution in [0.3, 0.4) is 0 Å². The molecule has 0 aliphatic heterocycles. The first kappa shape index (κ1) is 13.8. The highest BCUT2D eigenvalue weighted by molar-refractivity contribution is 5.43. The third kappa shape index (κ3) is 4.27. The predicted octanol–water partition coefficient (Wildman–Crippen LogP) is 2.76. The molecule has 1 unspecified atom stereocenters. The first-order valence-electron chi connectivity index (χ1n) is 6.17. The van der Waals surface area contributed by atoms with Gasteiger partial charge >= 0.3 is 0 Å². The highest BCUT2D eigenvalue weighted by Crippen LogP contribution is 2.28. The average Bonchev–Trinajstić information content (AvgIpc) is 2.36. The van der Waals surface area contributed by atoms with Crippen molar-refractivity contribution in [3.05, 3.63) is 23.8 Å². The first-order chi connectivity index (χ1) is 8.21. The van der Waals surface area contributed by atoms with Crippen molar-refractivity contribution in [3.8, 4) is 11.5 Å². The fourth-order valence-corrected chi connectivity index (χ4v) is 1.88. The minimum atomic E-state index is 0.230. The van der Waals surface area contributed by atoms with Crippen molar-refractivity contribution in [2.75, 3.05) is 14.2 Å². The maximum Gasteiger partial charge on any atom is 0.160 e. The lowest BCUT2D eigenvalue weighted by Crippen LogP contribution is -2.22. The van der Waals surface area contributed by atoms with Crippen LogP contribution in [0.4, 0.5) is 0 Å². The molecule has 0 amide bonds. The summed E-state index contributed by atoms with van der Waals surface area (Å²) >= 11 is 0. The van der Waals surface area contributed by atoms with Crippen LogP contribution in [0.5, 0.6) is 11.5 Å². The summed E-state index contributed by atoms with van der Waals surface area (Å²) in [5.41, 5.74) is 7.28.